The first-order valence-corrected chi connectivity index (χ1v) is 7.83. The predicted octanol–water partition coefficient (Wildman–Crippen LogP) is 4.12. The molecule has 0 aromatic heterocycles. The molecule has 2 aromatic rings. The first-order valence-electron chi connectivity index (χ1n) is 7.46. The zero-order valence-electron chi connectivity index (χ0n) is 12.8. The van der Waals surface area contributed by atoms with Gasteiger partial charge in [-0.15, -0.1) is 0 Å². The van der Waals surface area contributed by atoms with Crippen LogP contribution in [0.25, 0.3) is 0 Å². The highest BCUT2D eigenvalue weighted by molar-refractivity contribution is 6.32. The lowest BCUT2D eigenvalue weighted by Crippen LogP contribution is -2.34. The molecule has 0 saturated carbocycles. The second-order valence-corrected chi connectivity index (χ2v) is 6.31. The van der Waals surface area contributed by atoms with Crippen molar-refractivity contribution in [2.45, 2.75) is 26.0 Å². The van der Waals surface area contributed by atoms with E-state index in [1.54, 1.807) is 6.07 Å². The topological polar surface area (TPSA) is 50.7 Å². The zero-order chi connectivity index (χ0) is 16.1. The van der Waals surface area contributed by atoms with Gasteiger partial charge in [-0.05, 0) is 43.2 Å². The van der Waals surface area contributed by atoms with Crippen LogP contribution < -0.4 is 5.32 Å². The van der Waals surface area contributed by atoms with Gasteiger partial charge in [0, 0.05) is 10.6 Å². The number of nitrogens with one attached hydrogen (secondary N) is 1. The van der Waals surface area contributed by atoms with Crippen molar-refractivity contribution in [3.05, 3.63) is 58.1 Å². The van der Waals surface area contributed by atoms with Gasteiger partial charge in [0.25, 0.3) is 0 Å². The molecular formula is C18H15ClN2O2. The van der Waals surface area contributed by atoms with Crippen molar-refractivity contribution in [2.75, 3.05) is 5.32 Å². The summed E-state index contributed by atoms with van der Waals surface area (Å²) in [5.74, 6) is 0.344. The molecule has 0 aliphatic carbocycles. The minimum absolute atomic E-state index is 0.0688. The van der Waals surface area contributed by atoms with E-state index in [9.17, 15) is 4.79 Å². The van der Waals surface area contributed by atoms with Crippen LogP contribution in [0.5, 0.6) is 0 Å². The largest absolute Gasteiger partial charge is 0.462 e. The quantitative estimate of drug-likeness (QED) is 0.857. The van der Waals surface area contributed by atoms with E-state index in [2.05, 4.69) is 10.3 Å². The summed E-state index contributed by atoms with van der Waals surface area (Å²) in [7, 11) is 0. The molecule has 1 saturated heterocycles. The van der Waals surface area contributed by atoms with Gasteiger partial charge in [0.15, 0.2) is 12.1 Å². The molecule has 23 heavy (non-hydrogen) atoms. The van der Waals surface area contributed by atoms with Crippen molar-refractivity contribution in [3.8, 4) is 0 Å². The number of ketones is 1. The summed E-state index contributed by atoms with van der Waals surface area (Å²) >= 11 is 6.21. The van der Waals surface area contributed by atoms with Crippen LogP contribution in [0.15, 0.2) is 41.4 Å². The maximum absolute atomic E-state index is 12.7. The van der Waals surface area contributed by atoms with Crippen LogP contribution >= 0.6 is 11.6 Å². The highest BCUT2D eigenvalue weighted by Crippen LogP contribution is 2.39. The number of aliphatic imine (C=N–C) groups is 1. The number of benzene rings is 2. The van der Waals surface area contributed by atoms with Crippen molar-refractivity contribution < 1.29 is 9.53 Å². The minimum atomic E-state index is -0.712. The molecule has 2 aromatic carbocycles. The minimum Gasteiger partial charge on any atom is -0.462 e. The number of hydrogen-bond acceptors (Lipinski definition) is 4. The maximum atomic E-state index is 12.7. The second kappa shape index (κ2) is 5.10. The molecule has 1 fully saturated rings. The summed E-state index contributed by atoms with van der Waals surface area (Å²) in [5, 5.41) is 3.77. The zero-order valence-corrected chi connectivity index (χ0v) is 13.5. The third-order valence-corrected chi connectivity index (χ3v) is 4.70. The van der Waals surface area contributed by atoms with Crippen molar-refractivity contribution in [1.82, 2.24) is 0 Å². The van der Waals surface area contributed by atoms with E-state index in [0.717, 1.165) is 22.5 Å². The molecule has 0 unspecified atom stereocenters. The van der Waals surface area contributed by atoms with Gasteiger partial charge in [-0.25, -0.2) is 4.99 Å². The first-order chi connectivity index (χ1) is 11.0. The Morgan fingerprint density at radius 2 is 1.91 bits per heavy atom. The predicted molar refractivity (Wildman–Crippen MR) is 90.7 cm³/mol. The molecule has 1 N–H and O–H groups in total. The lowest BCUT2D eigenvalue weighted by Gasteiger charge is -2.20. The Balaban J connectivity index is 1.74. The Morgan fingerprint density at radius 1 is 1.17 bits per heavy atom. The number of Topliss-reactive ketones (excluding diaryl/α,β-unsaturated/α-hetero) is 1. The van der Waals surface area contributed by atoms with Crippen molar-refractivity contribution in [1.29, 1.82) is 0 Å². The summed E-state index contributed by atoms with van der Waals surface area (Å²) in [6.07, 6.45) is -0.712. The van der Waals surface area contributed by atoms with Crippen LogP contribution in [0.2, 0.25) is 5.02 Å². The normalized spacial score (nSPS) is 21.9. The van der Waals surface area contributed by atoms with Crippen molar-refractivity contribution in [2.24, 2.45) is 4.99 Å². The van der Waals surface area contributed by atoms with Crippen LogP contribution in [0, 0.1) is 13.8 Å². The molecular weight excluding hydrogens is 312 g/mol. The molecule has 0 bridgehead atoms. The standard InChI is InChI=1S/C18H15ClN2O2/c1-9-7-13-14(8-10(9)2)21-18-15(20-13)16(22)17(23-18)11-5-3-4-6-12(11)19/h3-8,15,17,20H,1-2H3/t15-,17-/m0/s1. The number of ether oxygens (including phenoxy) is 1. The van der Waals surface area contributed by atoms with Crippen LogP contribution in [-0.2, 0) is 9.53 Å². The number of halogens is 1. The average molecular weight is 327 g/mol. The molecule has 116 valence electrons. The summed E-state index contributed by atoms with van der Waals surface area (Å²) in [4.78, 5) is 17.3. The first kappa shape index (κ1) is 14.3. The Kier molecular flexibility index (Phi) is 3.16. The Labute approximate surface area is 139 Å². The molecule has 2 atom stereocenters. The fourth-order valence-electron chi connectivity index (χ4n) is 2.93. The molecule has 2 heterocycles. The van der Waals surface area contributed by atoms with Crippen molar-refractivity contribution in [3.63, 3.8) is 0 Å². The summed E-state index contributed by atoms with van der Waals surface area (Å²) in [6, 6.07) is 10.7. The summed E-state index contributed by atoms with van der Waals surface area (Å²) < 4.78 is 5.82. The van der Waals surface area contributed by atoms with E-state index in [1.165, 1.54) is 0 Å². The number of carbonyl (C=O) groups is 1. The van der Waals surface area contributed by atoms with E-state index in [0.29, 0.717) is 16.5 Å². The highest BCUT2D eigenvalue weighted by atomic mass is 35.5. The number of carbonyl (C=O) groups excluding carboxylic acids is 1. The van der Waals surface area contributed by atoms with E-state index in [1.807, 2.05) is 44.2 Å². The molecule has 4 nitrogen and oxygen atoms in total. The Morgan fingerprint density at radius 3 is 2.70 bits per heavy atom. The molecule has 2 aliphatic rings. The van der Waals surface area contributed by atoms with E-state index in [-0.39, 0.29) is 5.78 Å². The summed E-state index contributed by atoms with van der Waals surface area (Å²) in [6.45, 7) is 4.07. The Bertz CT molecular complexity index is 860. The SMILES string of the molecule is Cc1cc2c(cc1C)N[C@H]1C(=O)[C@H](c3ccccc3Cl)OC1=N2. The molecule has 0 spiro atoms. The van der Waals surface area contributed by atoms with Crippen LogP contribution in [0.4, 0.5) is 11.4 Å². The van der Waals surface area contributed by atoms with Crippen LogP contribution in [0.3, 0.4) is 0 Å². The molecule has 2 aliphatic heterocycles. The van der Waals surface area contributed by atoms with Gasteiger partial charge in [-0.1, -0.05) is 29.8 Å². The smallest absolute Gasteiger partial charge is 0.220 e. The van der Waals surface area contributed by atoms with Gasteiger partial charge in [-0.2, -0.15) is 0 Å². The average Bonchev–Trinajstić information content (AvgIpc) is 2.83. The van der Waals surface area contributed by atoms with Crippen LogP contribution in [0.1, 0.15) is 22.8 Å². The molecule has 4 rings (SSSR count). The lowest BCUT2D eigenvalue weighted by atomic mass is 10.0. The number of anilines is 1. The number of hydrogen-bond donors (Lipinski definition) is 1. The van der Waals surface area contributed by atoms with Gasteiger partial charge in [0.2, 0.25) is 11.7 Å². The van der Waals surface area contributed by atoms with Gasteiger partial charge < -0.3 is 10.1 Å². The molecule has 5 heteroatoms. The van der Waals surface area contributed by atoms with Gasteiger partial charge in [-0.3, -0.25) is 4.79 Å². The molecule has 0 amide bonds. The highest BCUT2D eigenvalue weighted by Gasteiger charge is 2.45. The van der Waals surface area contributed by atoms with Crippen LogP contribution in [-0.4, -0.2) is 17.7 Å². The fraction of sp³-hybridized carbons (Fsp3) is 0.222. The summed E-state index contributed by atoms with van der Waals surface area (Å²) in [5.41, 5.74) is 4.64. The van der Waals surface area contributed by atoms with Gasteiger partial charge in [0.1, 0.15) is 0 Å². The van der Waals surface area contributed by atoms with Gasteiger partial charge >= 0.3 is 0 Å². The van der Waals surface area contributed by atoms with E-state index < -0.39 is 12.1 Å². The monoisotopic (exact) mass is 326 g/mol. The third-order valence-electron chi connectivity index (χ3n) is 4.36. The van der Waals surface area contributed by atoms with E-state index >= 15 is 0 Å². The number of nitrogens with zero attached hydrogens (tertiary/aromatic N) is 1. The van der Waals surface area contributed by atoms with Gasteiger partial charge in [0.05, 0.1) is 11.4 Å². The second-order valence-electron chi connectivity index (χ2n) is 5.90. The maximum Gasteiger partial charge on any atom is 0.220 e. The van der Waals surface area contributed by atoms with Crippen molar-refractivity contribution >= 4 is 34.7 Å². The third kappa shape index (κ3) is 2.21. The molecule has 0 radical (unpaired) electrons. The lowest BCUT2D eigenvalue weighted by molar-refractivity contribution is -0.122. The number of aryl methyl sites for hydroxylation is 2. The Hall–Kier alpha value is -2.33. The fourth-order valence-corrected chi connectivity index (χ4v) is 3.17. The van der Waals surface area contributed by atoms with E-state index in [4.69, 9.17) is 16.3 Å². The number of fused-ring (bicyclic) bond motifs is 2. The number of rotatable bonds is 1.